The number of Topliss-reactive ketones (excluding diaryl/α,β-unsaturated/α-hetero) is 1. The number of ether oxygens (including phenoxy) is 1. The van der Waals surface area contributed by atoms with Crippen LogP contribution in [0.5, 0.6) is 0 Å². The molecule has 10 heteroatoms. The average Bonchev–Trinajstić information content (AvgIpc) is 3.29. The Morgan fingerprint density at radius 1 is 0.611 bits per heavy atom. The third-order valence-corrected chi connectivity index (χ3v) is 8.49. The zero-order valence-corrected chi connectivity index (χ0v) is 38.4. The van der Waals surface area contributed by atoms with E-state index in [1.807, 2.05) is 0 Å². The standard InChI is InChI=1S/C12H19BO3.C6H13BO3.C6H10O2.4C5H12/c1-2-6-10-9(5-1)13-15-11-7-3-4-8-12(11,14-10)16-13;8-6-4-2-1-3-5(6)7(9)10;7-5-3-1-2-4-6(5)8;4*1-5(2,3)4/h9-11H,1-8H2;5-6,8-10H,1-4H2;5,7H,1-4H2;4*1-4H3. The van der Waals surface area contributed by atoms with Crippen LogP contribution in [0.15, 0.2) is 0 Å². The summed E-state index contributed by atoms with van der Waals surface area (Å²) in [4.78, 5) is 10.5. The van der Waals surface area contributed by atoms with Crippen LogP contribution in [0.1, 0.15) is 214 Å². The summed E-state index contributed by atoms with van der Waals surface area (Å²) >= 11 is 0. The summed E-state index contributed by atoms with van der Waals surface area (Å²) in [5.41, 5.74) is 2.00. The zero-order chi connectivity index (χ0) is 42.1. The van der Waals surface area contributed by atoms with Gasteiger partial charge in [0.25, 0.3) is 0 Å². The molecule has 54 heavy (non-hydrogen) atoms. The summed E-state index contributed by atoms with van der Waals surface area (Å²) in [6.07, 6.45) is 15.9. The molecule has 0 aromatic carbocycles. The van der Waals surface area contributed by atoms with E-state index in [-0.39, 0.29) is 30.6 Å². The lowest BCUT2D eigenvalue weighted by molar-refractivity contribution is -0.253. The molecule has 2 saturated heterocycles. The van der Waals surface area contributed by atoms with E-state index in [9.17, 15) is 9.90 Å². The molecule has 8 nitrogen and oxygen atoms in total. The number of carbonyl (C=O) groups is 1. The fourth-order valence-corrected chi connectivity index (χ4v) is 6.42. The molecule has 6 fully saturated rings. The van der Waals surface area contributed by atoms with Gasteiger partial charge in [-0.1, -0.05) is 143 Å². The molecule has 4 N–H and O–H groups in total. The molecule has 7 atom stereocenters. The molecule has 4 saturated carbocycles. The lowest BCUT2D eigenvalue weighted by Crippen LogP contribution is -2.52. The van der Waals surface area contributed by atoms with Crippen LogP contribution in [0.3, 0.4) is 0 Å². The van der Waals surface area contributed by atoms with Crippen molar-refractivity contribution < 1.29 is 39.1 Å². The second-order valence-corrected chi connectivity index (χ2v) is 22.9. The molecule has 320 valence electrons. The number of ketones is 1. The van der Waals surface area contributed by atoms with Gasteiger partial charge in [-0.15, -0.1) is 0 Å². The third kappa shape index (κ3) is 28.0. The number of carbonyl (C=O) groups excluding carboxylic acids is 1. The predicted octanol–water partition coefficient (Wildman–Crippen LogP) is 11.0. The first-order valence-electron chi connectivity index (χ1n) is 21.7. The van der Waals surface area contributed by atoms with Gasteiger partial charge in [0.2, 0.25) is 0 Å². The third-order valence-electron chi connectivity index (χ3n) is 8.49. The van der Waals surface area contributed by atoms with E-state index in [1.165, 1.54) is 38.5 Å². The molecule has 2 heterocycles. The van der Waals surface area contributed by atoms with Crippen molar-refractivity contribution in [3.8, 4) is 0 Å². The fraction of sp³-hybridized carbons (Fsp3) is 0.977. The topological polar surface area (TPSA) is 126 Å². The van der Waals surface area contributed by atoms with Crippen molar-refractivity contribution in [3.05, 3.63) is 0 Å². The largest absolute Gasteiger partial charge is 0.465 e. The molecule has 2 aliphatic heterocycles. The van der Waals surface area contributed by atoms with Crippen molar-refractivity contribution >= 4 is 20.0 Å². The molecule has 0 aromatic rings. The number of hydrogen-bond acceptors (Lipinski definition) is 8. The van der Waals surface area contributed by atoms with Crippen LogP contribution in [-0.2, 0) is 18.8 Å². The van der Waals surface area contributed by atoms with Gasteiger partial charge in [-0.25, -0.2) is 0 Å². The quantitative estimate of drug-likeness (QED) is 0.194. The summed E-state index contributed by atoms with van der Waals surface area (Å²) in [5, 5.41) is 35.5. The molecule has 2 bridgehead atoms. The Morgan fingerprint density at radius 2 is 1.06 bits per heavy atom. The monoisotopic (exact) mass is 769 g/mol. The van der Waals surface area contributed by atoms with E-state index in [1.54, 1.807) is 0 Å². The van der Waals surface area contributed by atoms with Gasteiger partial charge in [-0.2, -0.15) is 0 Å². The Labute approximate surface area is 335 Å². The van der Waals surface area contributed by atoms with Crippen LogP contribution in [0.25, 0.3) is 0 Å². The number of aliphatic hydroxyl groups is 2. The Balaban J connectivity index is 0.000000651. The summed E-state index contributed by atoms with van der Waals surface area (Å²) in [6, 6.07) is 0. The van der Waals surface area contributed by atoms with E-state index in [0.29, 0.717) is 52.8 Å². The van der Waals surface area contributed by atoms with Gasteiger partial charge in [0.05, 0.1) is 18.3 Å². The van der Waals surface area contributed by atoms with Crippen LogP contribution in [0.2, 0.25) is 11.6 Å². The number of aliphatic hydroxyl groups excluding tert-OH is 2. The summed E-state index contributed by atoms with van der Waals surface area (Å²) < 4.78 is 18.5. The van der Waals surface area contributed by atoms with Gasteiger partial charge in [0.1, 0.15) is 6.10 Å². The van der Waals surface area contributed by atoms with Gasteiger partial charge in [0.15, 0.2) is 11.6 Å². The second-order valence-electron chi connectivity index (χ2n) is 22.9. The van der Waals surface area contributed by atoms with Crippen molar-refractivity contribution in [3.63, 3.8) is 0 Å². The molecule has 0 amide bonds. The normalized spacial score (nSPS) is 30.4. The lowest BCUT2D eigenvalue weighted by Gasteiger charge is -2.45. The number of rotatable bonds is 1. The molecule has 4 aliphatic carbocycles. The van der Waals surface area contributed by atoms with Gasteiger partial charge >= 0.3 is 14.2 Å². The van der Waals surface area contributed by atoms with Crippen molar-refractivity contribution in [1.82, 2.24) is 0 Å². The first kappa shape index (κ1) is 53.5. The van der Waals surface area contributed by atoms with Gasteiger partial charge in [-0.3, -0.25) is 4.79 Å². The fourth-order valence-electron chi connectivity index (χ4n) is 6.42. The first-order valence-corrected chi connectivity index (χ1v) is 21.7. The Bertz CT molecular complexity index is 923. The van der Waals surface area contributed by atoms with Crippen LogP contribution in [-0.4, -0.2) is 70.5 Å². The molecule has 6 rings (SSSR count). The summed E-state index contributed by atoms with van der Waals surface area (Å²) in [6.45, 7) is 35.0. The minimum absolute atomic E-state index is 0.0243. The maximum Gasteiger partial charge on any atom is 0.465 e. The second kappa shape index (κ2) is 24.4. The van der Waals surface area contributed by atoms with E-state index in [2.05, 4.69) is 111 Å². The van der Waals surface area contributed by atoms with E-state index >= 15 is 0 Å². The van der Waals surface area contributed by atoms with Crippen molar-refractivity contribution in [1.29, 1.82) is 0 Å². The highest BCUT2D eigenvalue weighted by molar-refractivity contribution is 6.47. The Hall–Kier alpha value is -0.480. The Kier molecular flexibility index (Phi) is 24.2. The smallest absolute Gasteiger partial charge is 0.427 e. The van der Waals surface area contributed by atoms with Crippen LogP contribution < -0.4 is 0 Å². The molecule has 0 aromatic heterocycles. The highest BCUT2D eigenvalue weighted by Crippen LogP contribution is 2.52. The van der Waals surface area contributed by atoms with Crippen LogP contribution in [0, 0.1) is 21.7 Å². The highest BCUT2D eigenvalue weighted by atomic mass is 16.8. The van der Waals surface area contributed by atoms with Gasteiger partial charge in [-0.05, 0) is 79.4 Å². The molecular formula is C44H90B2O8. The highest BCUT2D eigenvalue weighted by Gasteiger charge is 2.62. The first-order chi connectivity index (χ1) is 24.4. The number of hydrogen-bond donors (Lipinski definition) is 4. The van der Waals surface area contributed by atoms with Crippen molar-refractivity contribution in [2.75, 3.05) is 0 Å². The molecule has 7 unspecified atom stereocenters. The molecule has 1 spiro atoms. The Morgan fingerprint density at radius 3 is 1.48 bits per heavy atom. The molecular weight excluding hydrogens is 678 g/mol. The molecule has 6 aliphatic rings. The van der Waals surface area contributed by atoms with E-state index < -0.39 is 19.3 Å². The van der Waals surface area contributed by atoms with Gasteiger partial charge < -0.3 is 34.3 Å². The van der Waals surface area contributed by atoms with Gasteiger partial charge in [0, 0.05) is 24.5 Å². The minimum atomic E-state index is -1.34. The number of fused-ring (bicyclic) bond motifs is 3. The van der Waals surface area contributed by atoms with Crippen molar-refractivity contribution in [2.45, 2.75) is 255 Å². The average molecular weight is 769 g/mol. The lowest BCUT2D eigenvalue weighted by atomic mass is 9.62. The predicted molar refractivity (Wildman–Crippen MR) is 228 cm³/mol. The zero-order valence-electron chi connectivity index (χ0n) is 38.4. The van der Waals surface area contributed by atoms with Crippen molar-refractivity contribution in [2.24, 2.45) is 21.7 Å². The summed E-state index contributed by atoms with van der Waals surface area (Å²) in [5.74, 6) is -0.128. The van der Waals surface area contributed by atoms with E-state index in [0.717, 1.165) is 44.9 Å². The minimum Gasteiger partial charge on any atom is -0.427 e. The van der Waals surface area contributed by atoms with Crippen LogP contribution >= 0.6 is 0 Å². The summed E-state index contributed by atoms with van der Waals surface area (Å²) in [7, 11) is -1.29. The maximum absolute atomic E-state index is 10.5. The van der Waals surface area contributed by atoms with E-state index in [4.69, 9.17) is 29.2 Å². The molecule has 0 radical (unpaired) electrons. The maximum atomic E-state index is 10.5. The SMILES string of the molecule is C1CCC2B3OC4CCCCC4(O3)OC2C1.CC(C)(C)C.CC(C)(C)C.CC(C)(C)C.CC(C)(C)C.O=C1CCCCC1O.OB(O)C1CCCCC1O. The van der Waals surface area contributed by atoms with Crippen LogP contribution in [0.4, 0.5) is 0 Å².